The van der Waals surface area contributed by atoms with Crippen molar-refractivity contribution in [3.8, 4) is 45.9 Å². The summed E-state index contributed by atoms with van der Waals surface area (Å²) in [5, 5.41) is 25.3. The minimum Gasteiger partial charge on any atom is -0.481 e. The van der Waals surface area contributed by atoms with Crippen molar-refractivity contribution in [2.24, 2.45) is 5.41 Å². The molecular weight excluding hydrogens is 920 g/mol. The van der Waals surface area contributed by atoms with Crippen molar-refractivity contribution in [3.05, 3.63) is 94.6 Å². The number of thiazole rings is 1. The summed E-state index contributed by atoms with van der Waals surface area (Å²) < 4.78 is 52.2. The van der Waals surface area contributed by atoms with E-state index in [4.69, 9.17) is 21.7 Å². The molecule has 4 aromatic rings. The maximum atomic E-state index is 13.9. The Balaban J connectivity index is 0.954. The Kier molecular flexibility index (Phi) is 15.6. The number of alkyl halides is 3. The number of carbonyl (C=O) groups excluding carboxylic acids is 4. The van der Waals surface area contributed by atoms with Crippen LogP contribution in [0.3, 0.4) is 0 Å². The summed E-state index contributed by atoms with van der Waals surface area (Å²) in [4.78, 5) is 63.0. The molecule has 3 heterocycles. The van der Waals surface area contributed by atoms with E-state index in [1.165, 1.54) is 21.9 Å². The Morgan fingerprint density at radius 2 is 1.68 bits per heavy atom. The predicted octanol–water partition coefficient (Wildman–Crippen LogP) is 6.14. The fourth-order valence-electron chi connectivity index (χ4n) is 7.61. The van der Waals surface area contributed by atoms with Crippen LogP contribution in [0.4, 0.5) is 24.5 Å². The average Bonchev–Trinajstić information content (AvgIpc) is 3.95. The first-order valence-electron chi connectivity index (χ1n) is 21.2. The zero-order chi connectivity index (χ0) is 49.6. The highest BCUT2D eigenvalue weighted by atomic mass is 32.1. The molecule has 1 aromatic heterocycles. The molecule has 354 valence electrons. The normalized spacial score (nSPS) is 17.1. The number of nitrogens with zero attached hydrogens (tertiary/aromatic N) is 5. The first-order valence-corrected chi connectivity index (χ1v) is 22.5. The maximum absolute atomic E-state index is 13.9. The number of aromatic nitrogens is 1. The zero-order valence-corrected chi connectivity index (χ0v) is 39.6. The quantitative estimate of drug-likeness (QED) is 0.0798. The summed E-state index contributed by atoms with van der Waals surface area (Å²) in [5.41, 5.74) is 1.21. The third-order valence-electron chi connectivity index (χ3n) is 11.1. The van der Waals surface area contributed by atoms with Crippen LogP contribution in [0.5, 0.6) is 5.75 Å². The number of hydrogen-bond acceptors (Lipinski definition) is 11. The molecular formula is C49H48F3N7O7S2. The number of likely N-dealkylation sites (tertiary alicyclic amines) is 1. The van der Waals surface area contributed by atoms with Crippen molar-refractivity contribution in [1.29, 1.82) is 5.26 Å². The van der Waals surface area contributed by atoms with Gasteiger partial charge in [-0.25, -0.2) is 4.98 Å². The number of anilines is 2. The number of ether oxygens (including phenoxy) is 2. The largest absolute Gasteiger partial charge is 0.481 e. The van der Waals surface area contributed by atoms with Crippen LogP contribution < -0.4 is 25.2 Å². The minimum atomic E-state index is -4.82. The van der Waals surface area contributed by atoms with Crippen LogP contribution in [0.25, 0.3) is 10.4 Å². The van der Waals surface area contributed by atoms with Crippen molar-refractivity contribution >= 4 is 63.7 Å². The molecule has 2 aliphatic rings. The number of hydrogen-bond donors (Lipinski definition) is 3. The molecule has 3 atom stereocenters. The molecule has 3 N–H and O–H groups in total. The number of amides is 4. The van der Waals surface area contributed by atoms with Crippen LogP contribution in [0.15, 0.2) is 72.2 Å². The Bertz CT molecular complexity index is 2740. The highest BCUT2D eigenvalue weighted by molar-refractivity contribution is 7.81. The van der Waals surface area contributed by atoms with Crippen molar-refractivity contribution < 1.29 is 46.9 Å². The molecule has 3 aromatic carbocycles. The van der Waals surface area contributed by atoms with Gasteiger partial charge in [-0.2, -0.15) is 18.4 Å². The second-order valence-corrected chi connectivity index (χ2v) is 18.7. The van der Waals surface area contributed by atoms with E-state index in [2.05, 4.69) is 39.3 Å². The number of aryl methyl sites for hydroxylation is 1. The van der Waals surface area contributed by atoms with E-state index in [0.717, 1.165) is 38.7 Å². The van der Waals surface area contributed by atoms with Crippen LogP contribution in [0.2, 0.25) is 0 Å². The summed E-state index contributed by atoms with van der Waals surface area (Å²) in [7, 11) is 0. The van der Waals surface area contributed by atoms with Gasteiger partial charge in [-0.1, -0.05) is 51.0 Å². The molecule has 68 heavy (non-hydrogen) atoms. The number of aliphatic hydroxyl groups is 1. The van der Waals surface area contributed by atoms with Crippen LogP contribution in [-0.2, 0) is 36.6 Å². The van der Waals surface area contributed by atoms with Crippen LogP contribution >= 0.6 is 23.6 Å². The highest BCUT2D eigenvalue weighted by Gasteiger charge is 2.51. The zero-order valence-electron chi connectivity index (χ0n) is 38.0. The number of nitriles is 1. The third kappa shape index (κ3) is 11.6. The van der Waals surface area contributed by atoms with Gasteiger partial charge in [0, 0.05) is 25.2 Å². The molecule has 0 spiro atoms. The SMILES string of the molecule is Cc1ncsc1-c1ccc(CNC(=O)[C@@H]2C[C@@H](O)CN2C(=O)[C@@H](NC(=O)COCC#CC#CCOc2ccc(N3C(=S)N(c4ccc(C#N)c(C(F)(F)F)c4)C(=O)C3(C)C)cc2)C(C)(C)C)cc1. The molecule has 14 nitrogen and oxygen atoms in total. The van der Waals surface area contributed by atoms with Gasteiger partial charge in [-0.05, 0) is 110 Å². The number of benzene rings is 3. The summed E-state index contributed by atoms with van der Waals surface area (Å²) in [6, 6.07) is 16.8. The standard InChI is InChI=1S/C49H48F3N7O7S2/c1-30-41(68-29-55-30)32-13-11-31(12-14-32)26-54-43(62)39-24-36(60)27-57(39)44(63)42(47(2,3)4)56-40(61)28-65-21-9-7-8-10-22-66-37-19-17-34(18-20-37)59-46(67)58(45(64)48(59,5)6)35-16-15-33(25-53)38(23-35)49(50,51)52/h11-20,23,29,36,39,42,60H,21-22,24,26-28H2,1-6H3,(H,54,62)(H,56,61)/t36-,39+,42-/m1/s1. The molecule has 0 bridgehead atoms. The summed E-state index contributed by atoms with van der Waals surface area (Å²) in [6.07, 6.45) is -5.68. The number of rotatable bonds is 13. The Hall–Kier alpha value is -6.82. The van der Waals surface area contributed by atoms with Crippen molar-refractivity contribution in [1.82, 2.24) is 20.5 Å². The summed E-state index contributed by atoms with van der Waals surface area (Å²) in [5.74, 6) is 9.04. The van der Waals surface area contributed by atoms with Crippen LogP contribution in [-0.4, -0.2) is 93.8 Å². The summed E-state index contributed by atoms with van der Waals surface area (Å²) in [6.45, 7) is 10.0. The van der Waals surface area contributed by atoms with Gasteiger partial charge in [-0.3, -0.25) is 24.1 Å². The fraction of sp³-hybridized carbons (Fsp3) is 0.367. The van der Waals surface area contributed by atoms with Gasteiger partial charge in [-0.15, -0.1) is 11.3 Å². The second kappa shape index (κ2) is 21.0. The number of aliphatic hydroxyl groups excluding tert-OH is 1. The van der Waals surface area contributed by atoms with E-state index in [1.807, 2.05) is 31.2 Å². The lowest BCUT2D eigenvalue weighted by Crippen LogP contribution is -2.58. The van der Waals surface area contributed by atoms with Gasteiger partial charge in [0.05, 0.1) is 45.1 Å². The van der Waals surface area contributed by atoms with Crippen molar-refractivity contribution in [2.75, 3.05) is 36.2 Å². The number of nitrogens with one attached hydrogen (secondary N) is 2. The molecule has 4 amide bonds. The van der Waals surface area contributed by atoms with Gasteiger partial charge in [0.15, 0.2) is 5.11 Å². The van der Waals surface area contributed by atoms with E-state index in [0.29, 0.717) is 11.4 Å². The number of carbonyl (C=O) groups is 4. The molecule has 2 saturated heterocycles. The topological polar surface area (TPSA) is 177 Å². The number of thiocarbonyl (C=S) groups is 1. The fourth-order valence-corrected chi connectivity index (χ4v) is 8.94. The van der Waals surface area contributed by atoms with E-state index < -0.39 is 76.7 Å². The van der Waals surface area contributed by atoms with Gasteiger partial charge in [0.2, 0.25) is 17.7 Å². The van der Waals surface area contributed by atoms with Gasteiger partial charge in [0.1, 0.15) is 43.2 Å². The first-order chi connectivity index (χ1) is 32.1. The molecule has 6 rings (SSSR count). The predicted molar refractivity (Wildman–Crippen MR) is 253 cm³/mol. The molecule has 0 aliphatic carbocycles. The Morgan fingerprint density at radius 1 is 1.01 bits per heavy atom. The first kappa shape index (κ1) is 50.6. The molecule has 2 aliphatic heterocycles. The molecule has 19 heteroatoms. The summed E-state index contributed by atoms with van der Waals surface area (Å²) >= 11 is 7.14. The maximum Gasteiger partial charge on any atom is 0.417 e. The third-order valence-corrected chi connectivity index (χ3v) is 12.5. The molecule has 0 saturated carbocycles. The monoisotopic (exact) mass is 967 g/mol. The van der Waals surface area contributed by atoms with Crippen LogP contribution in [0, 0.1) is 47.4 Å². The molecule has 2 fully saturated rings. The van der Waals surface area contributed by atoms with E-state index in [1.54, 1.807) is 75.7 Å². The van der Waals surface area contributed by atoms with Crippen molar-refractivity contribution in [2.45, 2.75) is 84.4 Å². The lowest BCUT2D eigenvalue weighted by atomic mass is 9.85. The lowest BCUT2D eigenvalue weighted by Gasteiger charge is -2.35. The van der Waals surface area contributed by atoms with Gasteiger partial charge >= 0.3 is 6.18 Å². The van der Waals surface area contributed by atoms with Gasteiger partial charge in [0.25, 0.3) is 5.91 Å². The smallest absolute Gasteiger partial charge is 0.417 e. The van der Waals surface area contributed by atoms with E-state index in [9.17, 15) is 42.7 Å². The number of β-amino-alcohol motifs (C(OH)–C–C–N with tert-alkyl or cyclic N) is 1. The molecule has 0 radical (unpaired) electrons. The Morgan fingerprint density at radius 3 is 2.29 bits per heavy atom. The van der Waals surface area contributed by atoms with E-state index >= 15 is 0 Å². The highest BCUT2D eigenvalue weighted by Crippen LogP contribution is 2.40. The van der Waals surface area contributed by atoms with Crippen LogP contribution in [0.1, 0.15) is 63.4 Å². The van der Waals surface area contributed by atoms with Crippen molar-refractivity contribution in [3.63, 3.8) is 0 Å². The minimum absolute atomic E-state index is 0.0434. The van der Waals surface area contributed by atoms with E-state index in [-0.39, 0.29) is 43.5 Å². The van der Waals surface area contributed by atoms with Gasteiger partial charge < -0.3 is 35.0 Å². The number of halogens is 3. The second-order valence-electron chi connectivity index (χ2n) is 17.5. The molecule has 0 unspecified atom stereocenters. The Labute approximate surface area is 401 Å². The average molecular weight is 968 g/mol. The lowest BCUT2D eigenvalue weighted by molar-refractivity contribution is -0.144.